The highest BCUT2D eigenvalue weighted by atomic mass is 32.1. The molecule has 0 radical (unpaired) electrons. The van der Waals surface area contributed by atoms with Crippen molar-refractivity contribution in [2.45, 2.75) is 25.0 Å². The third-order valence-corrected chi connectivity index (χ3v) is 5.90. The van der Waals surface area contributed by atoms with Crippen molar-refractivity contribution in [3.8, 4) is 11.4 Å². The maximum atomic E-state index is 14.7. The summed E-state index contributed by atoms with van der Waals surface area (Å²) in [6, 6.07) is 10.5. The van der Waals surface area contributed by atoms with Gasteiger partial charge in [-0.15, -0.1) is 0 Å². The number of benzene rings is 2. The average molecular weight is 442 g/mol. The van der Waals surface area contributed by atoms with E-state index in [1.165, 1.54) is 23.4 Å². The van der Waals surface area contributed by atoms with Gasteiger partial charge in [0.1, 0.15) is 29.9 Å². The predicted octanol–water partition coefficient (Wildman–Crippen LogP) is 3.71. The highest BCUT2D eigenvalue weighted by Crippen LogP contribution is 2.40. The van der Waals surface area contributed by atoms with Gasteiger partial charge in [-0.1, -0.05) is 37.3 Å². The van der Waals surface area contributed by atoms with Gasteiger partial charge in [-0.2, -0.15) is 10.2 Å². The Bertz CT molecular complexity index is 1250. The molecule has 2 N–H and O–H groups in total. The van der Waals surface area contributed by atoms with Crippen LogP contribution in [0.5, 0.6) is 0 Å². The van der Waals surface area contributed by atoms with Gasteiger partial charge in [-0.3, -0.25) is 5.10 Å². The molecule has 4 rings (SSSR count). The molecule has 0 aliphatic heterocycles. The quantitative estimate of drug-likeness (QED) is 0.445. The van der Waals surface area contributed by atoms with Crippen LogP contribution in [0.2, 0.25) is 0 Å². The summed E-state index contributed by atoms with van der Waals surface area (Å²) in [6.45, 7) is 1.72. The molecule has 31 heavy (non-hydrogen) atoms. The molecule has 7 nitrogen and oxygen atoms in total. The molecule has 0 bridgehead atoms. The van der Waals surface area contributed by atoms with Gasteiger partial charge in [0.25, 0.3) is 0 Å². The van der Waals surface area contributed by atoms with Gasteiger partial charge in [-0.05, 0) is 23.8 Å². The van der Waals surface area contributed by atoms with Crippen LogP contribution in [0.25, 0.3) is 11.4 Å². The van der Waals surface area contributed by atoms with Crippen molar-refractivity contribution in [2.75, 3.05) is 0 Å². The van der Waals surface area contributed by atoms with Crippen LogP contribution in [0.3, 0.4) is 0 Å². The summed E-state index contributed by atoms with van der Waals surface area (Å²) in [6.07, 6.45) is 2.77. The first kappa shape index (κ1) is 21.0. The van der Waals surface area contributed by atoms with E-state index in [1.54, 1.807) is 11.5 Å². The topological polar surface area (TPSA) is 84.5 Å². The fourth-order valence-electron chi connectivity index (χ4n) is 3.66. The molecule has 2 heterocycles. The smallest absolute Gasteiger partial charge is 0.195 e. The Labute approximate surface area is 182 Å². The predicted molar refractivity (Wildman–Crippen MR) is 113 cm³/mol. The minimum atomic E-state index is -1.71. The van der Waals surface area contributed by atoms with Crippen molar-refractivity contribution < 1.29 is 13.9 Å². The number of nitrogens with one attached hydrogen (secondary N) is 1. The zero-order valence-corrected chi connectivity index (χ0v) is 17.6. The molecule has 0 spiro atoms. The summed E-state index contributed by atoms with van der Waals surface area (Å²) in [5.74, 6) is -1.43. The zero-order valence-electron chi connectivity index (χ0n) is 16.8. The van der Waals surface area contributed by atoms with E-state index in [1.807, 2.05) is 31.3 Å². The van der Waals surface area contributed by atoms with E-state index in [0.29, 0.717) is 10.6 Å². The van der Waals surface area contributed by atoms with Gasteiger partial charge in [0.15, 0.2) is 10.6 Å². The molecular weight excluding hydrogens is 422 g/mol. The van der Waals surface area contributed by atoms with Gasteiger partial charge in [0.2, 0.25) is 0 Å². The Morgan fingerprint density at radius 2 is 1.94 bits per heavy atom. The van der Waals surface area contributed by atoms with Crippen molar-refractivity contribution in [3.63, 3.8) is 0 Å². The number of aliphatic hydroxyl groups is 1. The van der Waals surface area contributed by atoms with E-state index in [4.69, 9.17) is 12.2 Å². The van der Waals surface area contributed by atoms with Crippen molar-refractivity contribution in [1.29, 1.82) is 0 Å². The number of aromatic nitrogens is 6. The van der Waals surface area contributed by atoms with Gasteiger partial charge in [-0.25, -0.2) is 18.4 Å². The third kappa shape index (κ3) is 3.91. The first-order valence-corrected chi connectivity index (χ1v) is 9.92. The highest BCUT2D eigenvalue weighted by molar-refractivity contribution is 7.71. The van der Waals surface area contributed by atoms with Crippen molar-refractivity contribution in [3.05, 3.63) is 82.7 Å². The number of H-pyrrole nitrogens is 1. The number of hydrogen-bond acceptors (Lipinski definition) is 5. The van der Waals surface area contributed by atoms with E-state index < -0.39 is 23.2 Å². The molecule has 160 valence electrons. The van der Waals surface area contributed by atoms with E-state index in [9.17, 15) is 13.9 Å². The van der Waals surface area contributed by atoms with Crippen LogP contribution in [0.1, 0.15) is 24.0 Å². The van der Waals surface area contributed by atoms with Crippen LogP contribution in [0.4, 0.5) is 8.78 Å². The first-order chi connectivity index (χ1) is 14.8. The molecule has 2 aromatic heterocycles. The van der Waals surface area contributed by atoms with E-state index in [2.05, 4.69) is 20.3 Å². The van der Waals surface area contributed by atoms with Crippen molar-refractivity contribution in [2.24, 2.45) is 7.05 Å². The Hall–Kier alpha value is -3.24. The molecule has 0 fully saturated rings. The third-order valence-electron chi connectivity index (χ3n) is 5.53. The van der Waals surface area contributed by atoms with Gasteiger partial charge < -0.3 is 9.67 Å². The van der Waals surface area contributed by atoms with Gasteiger partial charge in [0, 0.05) is 30.2 Å². The van der Waals surface area contributed by atoms with Crippen LogP contribution in [-0.2, 0) is 19.2 Å². The lowest BCUT2D eigenvalue weighted by atomic mass is 9.78. The Kier molecular flexibility index (Phi) is 5.50. The maximum Gasteiger partial charge on any atom is 0.195 e. The lowest BCUT2D eigenvalue weighted by molar-refractivity contribution is -0.0112. The molecule has 0 unspecified atom stereocenters. The number of aromatic amines is 1. The molecule has 0 aliphatic rings. The molecule has 0 aliphatic carbocycles. The molecule has 0 saturated carbocycles. The normalized spacial score (nSPS) is 14.4. The summed E-state index contributed by atoms with van der Waals surface area (Å²) in [4.78, 5) is 3.89. The second-order valence-electron chi connectivity index (χ2n) is 7.40. The van der Waals surface area contributed by atoms with Crippen LogP contribution in [-0.4, -0.2) is 34.6 Å². The van der Waals surface area contributed by atoms with E-state index in [0.717, 1.165) is 23.3 Å². The monoisotopic (exact) mass is 442 g/mol. The SMILES string of the molecule is C[C@@H](c1ccc(-c2n[nH]c(=S)n2C)cc1)[C@](O)(Cn1cncn1)c1ccc(F)cc1F. The molecule has 4 aromatic rings. The minimum absolute atomic E-state index is 0.0181. The Morgan fingerprint density at radius 1 is 1.19 bits per heavy atom. The van der Waals surface area contributed by atoms with Crippen LogP contribution in [0.15, 0.2) is 55.1 Å². The van der Waals surface area contributed by atoms with Gasteiger partial charge >= 0.3 is 0 Å². The minimum Gasteiger partial charge on any atom is -0.382 e. The molecule has 2 aromatic carbocycles. The lowest BCUT2D eigenvalue weighted by Crippen LogP contribution is -2.38. The number of nitrogens with zero attached hydrogens (tertiary/aromatic N) is 5. The van der Waals surface area contributed by atoms with Crippen LogP contribution in [0, 0.1) is 16.4 Å². The van der Waals surface area contributed by atoms with Crippen molar-refractivity contribution in [1.82, 2.24) is 29.5 Å². The molecule has 10 heteroatoms. The number of rotatable bonds is 6. The standard InChI is InChI=1S/C21H20F2N6OS/c1-13(14-3-5-15(6-4-14)19-26-27-20(31)28(19)2)21(30,10-29-12-24-11-25-29)17-8-7-16(22)9-18(17)23/h3-9,11-13,30H,10H2,1-2H3,(H,27,31)/t13-,21+/m0/s1. The average Bonchev–Trinajstić information content (AvgIpc) is 3.37. The number of hydrogen-bond donors (Lipinski definition) is 2. The van der Waals surface area contributed by atoms with Crippen LogP contribution < -0.4 is 0 Å². The Balaban J connectivity index is 1.74. The summed E-state index contributed by atoms with van der Waals surface area (Å²) in [5, 5.41) is 22.7. The second kappa shape index (κ2) is 8.12. The fourth-order valence-corrected chi connectivity index (χ4v) is 3.79. The number of halogens is 2. The fraction of sp³-hybridized carbons (Fsp3) is 0.238. The summed E-state index contributed by atoms with van der Waals surface area (Å²) < 4.78 is 31.9. The summed E-state index contributed by atoms with van der Waals surface area (Å²) in [7, 11) is 1.81. The lowest BCUT2D eigenvalue weighted by Gasteiger charge is -2.35. The highest BCUT2D eigenvalue weighted by Gasteiger charge is 2.40. The van der Waals surface area contributed by atoms with Gasteiger partial charge in [0.05, 0.1) is 6.54 Å². The molecule has 2 atom stereocenters. The molecule has 0 saturated heterocycles. The maximum absolute atomic E-state index is 14.7. The van der Waals surface area contributed by atoms with Crippen LogP contribution >= 0.6 is 12.2 Å². The molecule has 0 amide bonds. The Morgan fingerprint density at radius 3 is 2.52 bits per heavy atom. The first-order valence-electron chi connectivity index (χ1n) is 9.51. The second-order valence-corrected chi connectivity index (χ2v) is 7.78. The van der Waals surface area contributed by atoms with E-state index >= 15 is 0 Å². The van der Waals surface area contributed by atoms with Crippen molar-refractivity contribution >= 4 is 12.2 Å². The molecular formula is C21H20F2N6OS. The largest absolute Gasteiger partial charge is 0.382 e. The zero-order chi connectivity index (χ0) is 22.2. The summed E-state index contributed by atoms with van der Waals surface area (Å²) in [5.41, 5.74) is -0.140. The summed E-state index contributed by atoms with van der Waals surface area (Å²) >= 11 is 5.16. The van der Waals surface area contributed by atoms with E-state index in [-0.39, 0.29) is 12.1 Å².